The molecule has 4 heteroatoms. The Kier molecular flexibility index (Phi) is 3.73. The van der Waals surface area contributed by atoms with E-state index >= 15 is 0 Å². The van der Waals surface area contributed by atoms with Gasteiger partial charge in [-0.15, -0.1) is 11.3 Å². The molecule has 0 fully saturated rings. The predicted octanol–water partition coefficient (Wildman–Crippen LogP) is 1.64. The average molecular weight is 185 g/mol. The standard InChI is InChI=1S/C8H11NO2S/c1-2-11-8(10)4-3-7-5-12-6-9-7/h5-6H,2-4H2,1H3. The SMILES string of the molecule is CCOC(=O)CCc1cscn1. The highest BCUT2D eigenvalue weighted by Crippen LogP contribution is 2.04. The van der Waals surface area contributed by atoms with Gasteiger partial charge in [-0.25, -0.2) is 4.98 Å². The van der Waals surface area contributed by atoms with Crippen LogP contribution < -0.4 is 0 Å². The molecule has 3 nitrogen and oxygen atoms in total. The molecule has 0 N–H and O–H groups in total. The van der Waals surface area contributed by atoms with Crippen LogP contribution in [0.15, 0.2) is 10.9 Å². The minimum Gasteiger partial charge on any atom is -0.466 e. The number of hydrogen-bond acceptors (Lipinski definition) is 4. The molecule has 1 rings (SSSR count). The normalized spacial score (nSPS) is 9.75. The van der Waals surface area contributed by atoms with Crippen molar-refractivity contribution in [2.24, 2.45) is 0 Å². The number of nitrogens with zero attached hydrogens (tertiary/aromatic N) is 1. The monoisotopic (exact) mass is 185 g/mol. The average Bonchev–Trinajstić information content (AvgIpc) is 2.53. The molecule has 0 aromatic carbocycles. The third kappa shape index (κ3) is 3.00. The maximum absolute atomic E-state index is 10.9. The molecule has 0 aliphatic heterocycles. The molecular formula is C8H11NO2S. The van der Waals surface area contributed by atoms with Crippen molar-refractivity contribution in [2.45, 2.75) is 19.8 Å². The zero-order valence-electron chi connectivity index (χ0n) is 6.95. The first kappa shape index (κ1) is 9.19. The summed E-state index contributed by atoms with van der Waals surface area (Å²) in [5.74, 6) is -0.148. The second-order valence-electron chi connectivity index (χ2n) is 2.28. The van der Waals surface area contributed by atoms with Gasteiger partial charge in [0.1, 0.15) is 0 Å². The summed E-state index contributed by atoms with van der Waals surface area (Å²) in [5, 5.41) is 1.94. The van der Waals surface area contributed by atoms with Gasteiger partial charge in [-0.3, -0.25) is 4.79 Å². The molecule has 0 atom stereocenters. The summed E-state index contributed by atoms with van der Waals surface area (Å²) in [6.45, 7) is 2.26. The smallest absolute Gasteiger partial charge is 0.306 e. The Morgan fingerprint density at radius 3 is 3.17 bits per heavy atom. The minimum atomic E-state index is -0.148. The summed E-state index contributed by atoms with van der Waals surface area (Å²) >= 11 is 1.54. The van der Waals surface area contributed by atoms with Crippen molar-refractivity contribution in [1.82, 2.24) is 4.98 Å². The van der Waals surface area contributed by atoms with Crippen molar-refractivity contribution < 1.29 is 9.53 Å². The first-order valence-electron chi connectivity index (χ1n) is 3.85. The quantitative estimate of drug-likeness (QED) is 0.669. The molecule has 0 saturated heterocycles. The fraction of sp³-hybridized carbons (Fsp3) is 0.500. The summed E-state index contributed by atoms with van der Waals surface area (Å²) in [7, 11) is 0. The van der Waals surface area contributed by atoms with Crippen LogP contribution in [0.5, 0.6) is 0 Å². The van der Waals surface area contributed by atoms with Crippen molar-refractivity contribution >= 4 is 17.3 Å². The van der Waals surface area contributed by atoms with Gasteiger partial charge in [0.2, 0.25) is 0 Å². The van der Waals surface area contributed by atoms with Crippen molar-refractivity contribution in [2.75, 3.05) is 6.61 Å². The molecule has 0 amide bonds. The molecule has 0 bridgehead atoms. The van der Waals surface area contributed by atoms with Gasteiger partial charge in [-0.2, -0.15) is 0 Å². The maximum atomic E-state index is 10.9. The summed E-state index contributed by atoms with van der Waals surface area (Å²) < 4.78 is 4.78. The number of thiazole rings is 1. The number of rotatable bonds is 4. The molecule has 1 aromatic heterocycles. The van der Waals surface area contributed by atoms with Gasteiger partial charge in [0, 0.05) is 11.8 Å². The molecule has 1 heterocycles. The van der Waals surface area contributed by atoms with Crippen LogP contribution in [0.3, 0.4) is 0 Å². The van der Waals surface area contributed by atoms with Crippen molar-refractivity contribution in [1.29, 1.82) is 0 Å². The number of aryl methyl sites for hydroxylation is 1. The molecule has 0 radical (unpaired) electrons. The highest BCUT2D eigenvalue weighted by molar-refractivity contribution is 7.07. The van der Waals surface area contributed by atoms with E-state index in [0.717, 1.165) is 5.69 Å². The largest absolute Gasteiger partial charge is 0.466 e. The number of aromatic nitrogens is 1. The Balaban J connectivity index is 2.22. The molecule has 1 aromatic rings. The Labute approximate surface area is 75.4 Å². The van der Waals surface area contributed by atoms with E-state index in [0.29, 0.717) is 19.4 Å². The van der Waals surface area contributed by atoms with Crippen LogP contribution >= 0.6 is 11.3 Å². The fourth-order valence-corrected chi connectivity index (χ4v) is 1.42. The Morgan fingerprint density at radius 2 is 2.58 bits per heavy atom. The number of carbonyl (C=O) groups is 1. The number of carbonyl (C=O) groups excluding carboxylic acids is 1. The number of esters is 1. The Morgan fingerprint density at radius 1 is 1.75 bits per heavy atom. The third-order valence-corrected chi connectivity index (χ3v) is 2.01. The lowest BCUT2D eigenvalue weighted by Crippen LogP contribution is -2.05. The lowest BCUT2D eigenvalue weighted by Gasteiger charge is -1.98. The number of ether oxygens (including phenoxy) is 1. The van der Waals surface area contributed by atoms with Crippen LogP contribution in [0.25, 0.3) is 0 Å². The predicted molar refractivity (Wildman–Crippen MR) is 47.1 cm³/mol. The minimum absolute atomic E-state index is 0.148. The van der Waals surface area contributed by atoms with Gasteiger partial charge in [0.25, 0.3) is 0 Å². The van der Waals surface area contributed by atoms with E-state index in [1.165, 1.54) is 0 Å². The van der Waals surface area contributed by atoms with E-state index in [2.05, 4.69) is 4.98 Å². The van der Waals surface area contributed by atoms with E-state index in [-0.39, 0.29) is 5.97 Å². The highest BCUT2D eigenvalue weighted by Gasteiger charge is 2.02. The topological polar surface area (TPSA) is 39.2 Å². The van der Waals surface area contributed by atoms with Crippen LogP contribution in [0, 0.1) is 0 Å². The van der Waals surface area contributed by atoms with Gasteiger partial charge in [0.15, 0.2) is 0 Å². The summed E-state index contributed by atoms with van der Waals surface area (Å²) in [4.78, 5) is 15.0. The van der Waals surface area contributed by atoms with Crippen molar-refractivity contribution in [3.63, 3.8) is 0 Å². The zero-order chi connectivity index (χ0) is 8.81. The lowest BCUT2D eigenvalue weighted by molar-refractivity contribution is -0.143. The molecule has 66 valence electrons. The Bertz CT molecular complexity index is 233. The van der Waals surface area contributed by atoms with E-state index < -0.39 is 0 Å². The van der Waals surface area contributed by atoms with E-state index in [4.69, 9.17) is 4.74 Å². The van der Waals surface area contributed by atoms with Crippen molar-refractivity contribution in [3.05, 3.63) is 16.6 Å². The van der Waals surface area contributed by atoms with Crippen LogP contribution in [0.2, 0.25) is 0 Å². The Hall–Kier alpha value is -0.900. The third-order valence-electron chi connectivity index (χ3n) is 1.37. The van der Waals surface area contributed by atoms with Crippen LogP contribution in [-0.2, 0) is 16.0 Å². The molecule has 0 aliphatic carbocycles. The first-order valence-corrected chi connectivity index (χ1v) is 4.80. The lowest BCUT2D eigenvalue weighted by atomic mass is 10.2. The van der Waals surface area contributed by atoms with Crippen molar-refractivity contribution in [3.8, 4) is 0 Å². The maximum Gasteiger partial charge on any atom is 0.306 e. The zero-order valence-corrected chi connectivity index (χ0v) is 7.76. The highest BCUT2D eigenvalue weighted by atomic mass is 32.1. The fourth-order valence-electron chi connectivity index (χ4n) is 0.824. The molecule has 0 aliphatic rings. The molecule has 0 spiro atoms. The van der Waals surface area contributed by atoms with Gasteiger partial charge >= 0.3 is 5.97 Å². The summed E-state index contributed by atoms with van der Waals surface area (Å²) in [6.07, 6.45) is 1.11. The second kappa shape index (κ2) is 4.87. The van der Waals surface area contributed by atoms with Crippen LogP contribution in [-0.4, -0.2) is 17.6 Å². The van der Waals surface area contributed by atoms with Gasteiger partial charge in [-0.05, 0) is 6.92 Å². The van der Waals surface area contributed by atoms with E-state index in [9.17, 15) is 4.79 Å². The molecule has 0 saturated carbocycles. The second-order valence-corrected chi connectivity index (χ2v) is 3.00. The van der Waals surface area contributed by atoms with Gasteiger partial charge < -0.3 is 4.74 Å². The van der Waals surface area contributed by atoms with Gasteiger partial charge in [0.05, 0.1) is 24.2 Å². The van der Waals surface area contributed by atoms with Gasteiger partial charge in [-0.1, -0.05) is 0 Å². The van der Waals surface area contributed by atoms with E-state index in [1.54, 1.807) is 23.8 Å². The molecule has 0 unspecified atom stereocenters. The van der Waals surface area contributed by atoms with E-state index in [1.807, 2.05) is 5.38 Å². The number of hydrogen-bond donors (Lipinski definition) is 0. The van der Waals surface area contributed by atoms with Crippen LogP contribution in [0.4, 0.5) is 0 Å². The molecule has 12 heavy (non-hydrogen) atoms. The molecular weight excluding hydrogens is 174 g/mol. The summed E-state index contributed by atoms with van der Waals surface area (Å²) in [6, 6.07) is 0. The summed E-state index contributed by atoms with van der Waals surface area (Å²) in [5.41, 5.74) is 2.73. The first-order chi connectivity index (χ1) is 5.83. The van der Waals surface area contributed by atoms with Crippen LogP contribution in [0.1, 0.15) is 19.0 Å².